The van der Waals surface area contributed by atoms with E-state index in [1.807, 2.05) is 0 Å². The SMILES string of the molecule is CC(CC1CC1)Nc1ccc(Br)cc1. The normalized spacial score (nSPS) is 17.9. The Morgan fingerprint density at radius 2 is 2.00 bits per heavy atom. The Hall–Kier alpha value is -0.500. The summed E-state index contributed by atoms with van der Waals surface area (Å²) in [6.45, 7) is 2.26. The van der Waals surface area contributed by atoms with Crippen LogP contribution in [0.2, 0.25) is 0 Å². The number of rotatable bonds is 4. The molecule has 0 spiro atoms. The summed E-state index contributed by atoms with van der Waals surface area (Å²) in [6, 6.07) is 8.99. The summed E-state index contributed by atoms with van der Waals surface area (Å²) in [5, 5.41) is 3.52. The number of nitrogens with one attached hydrogen (secondary N) is 1. The maximum atomic E-state index is 3.52. The van der Waals surface area contributed by atoms with Gasteiger partial charge in [-0.2, -0.15) is 0 Å². The lowest BCUT2D eigenvalue weighted by molar-refractivity contribution is 0.642. The molecule has 0 bridgehead atoms. The van der Waals surface area contributed by atoms with Crippen LogP contribution >= 0.6 is 15.9 Å². The van der Waals surface area contributed by atoms with Crippen LogP contribution in [-0.2, 0) is 0 Å². The second-order valence-electron chi connectivity index (χ2n) is 4.23. The van der Waals surface area contributed by atoms with Crippen LogP contribution in [-0.4, -0.2) is 6.04 Å². The van der Waals surface area contributed by atoms with Crippen molar-refractivity contribution in [3.8, 4) is 0 Å². The predicted molar refractivity (Wildman–Crippen MR) is 64.6 cm³/mol. The number of hydrogen-bond acceptors (Lipinski definition) is 1. The van der Waals surface area contributed by atoms with Crippen LogP contribution in [0.25, 0.3) is 0 Å². The van der Waals surface area contributed by atoms with Gasteiger partial charge in [0.15, 0.2) is 0 Å². The third-order valence-corrected chi connectivity index (χ3v) is 3.17. The van der Waals surface area contributed by atoms with E-state index in [-0.39, 0.29) is 0 Å². The molecule has 0 radical (unpaired) electrons. The number of halogens is 1. The predicted octanol–water partition coefficient (Wildman–Crippen LogP) is 4.05. The van der Waals surface area contributed by atoms with Crippen LogP contribution in [0.4, 0.5) is 5.69 Å². The van der Waals surface area contributed by atoms with E-state index in [0.717, 1.165) is 10.4 Å². The molecule has 0 aliphatic heterocycles. The van der Waals surface area contributed by atoms with Crippen LogP contribution in [0.3, 0.4) is 0 Å². The minimum Gasteiger partial charge on any atom is -0.383 e. The molecule has 1 unspecified atom stereocenters. The maximum absolute atomic E-state index is 3.52. The molecular weight excluding hydrogens is 238 g/mol. The van der Waals surface area contributed by atoms with Crippen molar-refractivity contribution >= 4 is 21.6 Å². The van der Waals surface area contributed by atoms with Crippen LogP contribution in [0.1, 0.15) is 26.2 Å². The van der Waals surface area contributed by atoms with Crippen molar-refractivity contribution in [3.63, 3.8) is 0 Å². The summed E-state index contributed by atoms with van der Waals surface area (Å²) in [4.78, 5) is 0. The molecule has 1 saturated carbocycles. The molecule has 2 heteroatoms. The zero-order valence-corrected chi connectivity index (χ0v) is 10.0. The van der Waals surface area contributed by atoms with Crippen LogP contribution in [0.5, 0.6) is 0 Å². The Kier molecular flexibility index (Phi) is 3.12. The largest absolute Gasteiger partial charge is 0.383 e. The fourth-order valence-corrected chi connectivity index (χ4v) is 2.01. The van der Waals surface area contributed by atoms with Gasteiger partial charge in [0.25, 0.3) is 0 Å². The quantitative estimate of drug-likeness (QED) is 0.854. The molecule has 1 fully saturated rings. The van der Waals surface area contributed by atoms with Gasteiger partial charge in [0.2, 0.25) is 0 Å². The van der Waals surface area contributed by atoms with Gasteiger partial charge in [-0.25, -0.2) is 0 Å². The molecular formula is C12H16BrN. The highest BCUT2D eigenvalue weighted by molar-refractivity contribution is 9.10. The Bertz CT molecular complexity index is 290. The molecule has 0 heterocycles. The molecule has 0 saturated heterocycles. The second kappa shape index (κ2) is 4.35. The zero-order valence-electron chi connectivity index (χ0n) is 8.46. The summed E-state index contributed by atoms with van der Waals surface area (Å²) in [6.07, 6.45) is 4.19. The second-order valence-corrected chi connectivity index (χ2v) is 5.15. The molecule has 76 valence electrons. The average Bonchev–Trinajstić information content (AvgIpc) is 2.93. The van der Waals surface area contributed by atoms with Crippen molar-refractivity contribution in [2.24, 2.45) is 5.92 Å². The van der Waals surface area contributed by atoms with E-state index in [0.29, 0.717) is 6.04 Å². The lowest BCUT2D eigenvalue weighted by atomic mass is 10.1. The van der Waals surface area contributed by atoms with Crippen molar-refractivity contribution in [1.82, 2.24) is 0 Å². The van der Waals surface area contributed by atoms with Crippen molar-refractivity contribution in [3.05, 3.63) is 28.7 Å². The minimum absolute atomic E-state index is 0.601. The van der Waals surface area contributed by atoms with E-state index in [1.165, 1.54) is 24.9 Å². The topological polar surface area (TPSA) is 12.0 Å². The standard InChI is InChI=1S/C12H16BrN/c1-9(8-10-2-3-10)14-12-6-4-11(13)5-7-12/h4-7,9-10,14H,2-3,8H2,1H3. The van der Waals surface area contributed by atoms with Gasteiger partial charge in [-0.1, -0.05) is 28.8 Å². The van der Waals surface area contributed by atoms with Gasteiger partial charge in [-0.05, 0) is 43.5 Å². The van der Waals surface area contributed by atoms with Gasteiger partial charge in [0.1, 0.15) is 0 Å². The highest BCUT2D eigenvalue weighted by atomic mass is 79.9. The van der Waals surface area contributed by atoms with E-state index in [4.69, 9.17) is 0 Å². The Morgan fingerprint density at radius 3 is 2.57 bits per heavy atom. The van der Waals surface area contributed by atoms with Crippen molar-refractivity contribution in [2.45, 2.75) is 32.2 Å². The molecule has 0 amide bonds. The van der Waals surface area contributed by atoms with Gasteiger partial charge in [-0.15, -0.1) is 0 Å². The average molecular weight is 254 g/mol. The molecule has 1 atom stereocenters. The minimum atomic E-state index is 0.601. The van der Waals surface area contributed by atoms with Crippen LogP contribution in [0, 0.1) is 5.92 Å². The van der Waals surface area contributed by atoms with Gasteiger partial charge in [0.05, 0.1) is 0 Å². The van der Waals surface area contributed by atoms with E-state index < -0.39 is 0 Å². The molecule has 1 N–H and O–H groups in total. The Morgan fingerprint density at radius 1 is 1.36 bits per heavy atom. The molecule has 1 aliphatic carbocycles. The van der Waals surface area contributed by atoms with Crippen molar-refractivity contribution in [1.29, 1.82) is 0 Å². The number of anilines is 1. The summed E-state index contributed by atoms with van der Waals surface area (Å²) >= 11 is 3.43. The fourth-order valence-electron chi connectivity index (χ4n) is 1.74. The van der Waals surface area contributed by atoms with Gasteiger partial charge in [-0.3, -0.25) is 0 Å². The third-order valence-electron chi connectivity index (χ3n) is 2.64. The van der Waals surface area contributed by atoms with Crippen LogP contribution in [0.15, 0.2) is 28.7 Å². The third kappa shape index (κ3) is 3.02. The first-order valence-corrected chi connectivity index (χ1v) is 6.05. The number of benzene rings is 1. The van der Waals surface area contributed by atoms with Gasteiger partial charge < -0.3 is 5.32 Å². The Labute approximate surface area is 94.0 Å². The molecule has 14 heavy (non-hydrogen) atoms. The monoisotopic (exact) mass is 253 g/mol. The van der Waals surface area contributed by atoms with Crippen LogP contribution < -0.4 is 5.32 Å². The van der Waals surface area contributed by atoms with Crippen molar-refractivity contribution in [2.75, 3.05) is 5.32 Å². The van der Waals surface area contributed by atoms with E-state index in [9.17, 15) is 0 Å². The lowest BCUT2D eigenvalue weighted by Crippen LogP contribution is -2.15. The molecule has 2 rings (SSSR count). The smallest absolute Gasteiger partial charge is 0.0342 e. The zero-order chi connectivity index (χ0) is 9.97. The summed E-state index contributed by atoms with van der Waals surface area (Å²) in [7, 11) is 0. The highest BCUT2D eigenvalue weighted by Gasteiger charge is 2.23. The van der Waals surface area contributed by atoms with E-state index in [1.54, 1.807) is 0 Å². The van der Waals surface area contributed by atoms with Gasteiger partial charge in [0, 0.05) is 16.2 Å². The molecule has 1 aliphatic rings. The summed E-state index contributed by atoms with van der Waals surface area (Å²) in [5.41, 5.74) is 1.22. The number of hydrogen-bond donors (Lipinski definition) is 1. The summed E-state index contributed by atoms with van der Waals surface area (Å²) in [5.74, 6) is 0.993. The van der Waals surface area contributed by atoms with E-state index in [2.05, 4.69) is 52.4 Å². The van der Waals surface area contributed by atoms with Crippen molar-refractivity contribution < 1.29 is 0 Å². The fraction of sp³-hybridized carbons (Fsp3) is 0.500. The molecule has 1 aromatic carbocycles. The van der Waals surface area contributed by atoms with Gasteiger partial charge >= 0.3 is 0 Å². The Balaban J connectivity index is 1.85. The molecule has 1 aromatic rings. The first kappa shape index (κ1) is 10.0. The lowest BCUT2D eigenvalue weighted by Gasteiger charge is -2.14. The molecule has 0 aromatic heterocycles. The highest BCUT2D eigenvalue weighted by Crippen LogP contribution is 2.34. The molecule has 1 nitrogen and oxygen atoms in total. The maximum Gasteiger partial charge on any atom is 0.0342 e. The van der Waals surface area contributed by atoms with E-state index >= 15 is 0 Å². The first-order chi connectivity index (χ1) is 6.74. The summed E-state index contributed by atoms with van der Waals surface area (Å²) < 4.78 is 1.14. The first-order valence-electron chi connectivity index (χ1n) is 5.26.